The zero-order valence-electron chi connectivity index (χ0n) is 14.9. The molecule has 0 bridgehead atoms. The molecule has 0 unspecified atom stereocenters. The van der Waals surface area contributed by atoms with Crippen LogP contribution in [0.3, 0.4) is 0 Å². The minimum Gasteiger partial charge on any atom is -0.378 e. The van der Waals surface area contributed by atoms with Gasteiger partial charge in [-0.2, -0.15) is 0 Å². The Hall–Kier alpha value is -0.300. The van der Waals surface area contributed by atoms with Crippen molar-refractivity contribution in [2.45, 2.75) is 96.5 Å². The van der Waals surface area contributed by atoms with Gasteiger partial charge in [-0.3, -0.25) is 0 Å². The number of rotatable bonds is 9. The van der Waals surface area contributed by atoms with Crippen molar-refractivity contribution in [3.8, 4) is 0 Å². The van der Waals surface area contributed by atoms with Crippen molar-refractivity contribution in [3.05, 3.63) is 12.7 Å². The lowest BCUT2D eigenvalue weighted by molar-refractivity contribution is 0.00543. The van der Waals surface area contributed by atoms with Gasteiger partial charge < -0.3 is 4.74 Å². The molecule has 0 radical (unpaired) electrons. The van der Waals surface area contributed by atoms with Gasteiger partial charge in [0.05, 0.1) is 6.10 Å². The van der Waals surface area contributed by atoms with Gasteiger partial charge in [0.1, 0.15) is 0 Å². The first-order valence-electron chi connectivity index (χ1n) is 10.1. The maximum Gasteiger partial charge on any atom is 0.0575 e. The molecule has 0 atom stereocenters. The van der Waals surface area contributed by atoms with Crippen LogP contribution >= 0.6 is 0 Å². The predicted molar refractivity (Wildman–Crippen MR) is 96.1 cm³/mol. The quantitative estimate of drug-likeness (QED) is 0.348. The molecule has 2 aliphatic carbocycles. The minimum absolute atomic E-state index is 0.581. The summed E-state index contributed by atoms with van der Waals surface area (Å²) in [5.41, 5.74) is 0. The highest BCUT2D eigenvalue weighted by atomic mass is 16.5. The molecule has 0 heterocycles. The van der Waals surface area contributed by atoms with Gasteiger partial charge in [0.15, 0.2) is 0 Å². The number of hydrogen-bond donors (Lipinski definition) is 0. The molecule has 1 nitrogen and oxygen atoms in total. The van der Waals surface area contributed by atoms with Crippen LogP contribution in [0.25, 0.3) is 0 Å². The standard InChI is InChI=1S/C21H38O/c1-3-5-7-17-22-21-15-13-20(14-16-21)19-11-9-18(10-12-19)8-6-4-2/h4,18-21H,2-3,5-17H2,1H3/t18-,19-,20?,21?. The predicted octanol–water partition coefficient (Wildman–Crippen LogP) is 6.52. The molecule has 0 aromatic carbocycles. The largest absolute Gasteiger partial charge is 0.378 e. The Morgan fingerprint density at radius 2 is 1.55 bits per heavy atom. The summed E-state index contributed by atoms with van der Waals surface area (Å²) >= 11 is 0. The number of hydrogen-bond acceptors (Lipinski definition) is 1. The second kappa shape index (κ2) is 10.5. The van der Waals surface area contributed by atoms with Crippen molar-refractivity contribution in [1.29, 1.82) is 0 Å². The third-order valence-electron chi connectivity index (χ3n) is 6.16. The van der Waals surface area contributed by atoms with Gasteiger partial charge in [-0.25, -0.2) is 0 Å². The van der Waals surface area contributed by atoms with Crippen LogP contribution in [0.5, 0.6) is 0 Å². The molecule has 2 fully saturated rings. The van der Waals surface area contributed by atoms with Crippen LogP contribution in [0, 0.1) is 17.8 Å². The normalized spacial score (nSPS) is 32.8. The first-order valence-corrected chi connectivity index (χ1v) is 10.1. The molecule has 2 saturated carbocycles. The molecule has 2 aliphatic rings. The van der Waals surface area contributed by atoms with Gasteiger partial charge in [0.25, 0.3) is 0 Å². The maximum absolute atomic E-state index is 6.07. The molecule has 128 valence electrons. The summed E-state index contributed by atoms with van der Waals surface area (Å²) in [6.45, 7) is 7.12. The Morgan fingerprint density at radius 1 is 0.909 bits per heavy atom. The van der Waals surface area contributed by atoms with Crippen LogP contribution < -0.4 is 0 Å². The van der Waals surface area contributed by atoms with E-state index in [2.05, 4.69) is 19.6 Å². The summed E-state index contributed by atoms with van der Waals surface area (Å²) in [7, 11) is 0. The molecule has 0 spiro atoms. The third-order valence-corrected chi connectivity index (χ3v) is 6.16. The smallest absolute Gasteiger partial charge is 0.0575 e. The lowest BCUT2D eigenvalue weighted by atomic mass is 9.70. The molecule has 0 aromatic rings. The summed E-state index contributed by atoms with van der Waals surface area (Å²) < 4.78 is 6.07. The lowest BCUT2D eigenvalue weighted by Gasteiger charge is -2.37. The molecule has 0 saturated heterocycles. The molecule has 0 amide bonds. The van der Waals surface area contributed by atoms with E-state index in [1.807, 2.05) is 0 Å². The van der Waals surface area contributed by atoms with Crippen LogP contribution in [0.4, 0.5) is 0 Å². The Morgan fingerprint density at radius 3 is 2.14 bits per heavy atom. The van der Waals surface area contributed by atoms with E-state index < -0.39 is 0 Å². The van der Waals surface area contributed by atoms with Gasteiger partial charge >= 0.3 is 0 Å². The minimum atomic E-state index is 0.581. The van der Waals surface area contributed by atoms with E-state index >= 15 is 0 Å². The summed E-state index contributed by atoms with van der Waals surface area (Å²) in [5, 5.41) is 0. The Labute approximate surface area is 138 Å². The second-order valence-electron chi connectivity index (χ2n) is 7.76. The first-order chi connectivity index (χ1) is 10.8. The van der Waals surface area contributed by atoms with Crippen LogP contribution in [-0.4, -0.2) is 12.7 Å². The highest BCUT2D eigenvalue weighted by molar-refractivity contribution is 4.83. The van der Waals surface area contributed by atoms with Crippen molar-refractivity contribution < 1.29 is 4.74 Å². The van der Waals surface area contributed by atoms with E-state index in [-0.39, 0.29) is 0 Å². The van der Waals surface area contributed by atoms with Crippen LogP contribution in [0.15, 0.2) is 12.7 Å². The van der Waals surface area contributed by atoms with Crippen molar-refractivity contribution >= 4 is 0 Å². The zero-order valence-corrected chi connectivity index (χ0v) is 14.9. The van der Waals surface area contributed by atoms with E-state index in [1.165, 1.54) is 83.5 Å². The molecular weight excluding hydrogens is 268 g/mol. The summed E-state index contributed by atoms with van der Waals surface area (Å²) in [5.74, 6) is 3.03. The Balaban J connectivity index is 1.58. The highest BCUT2D eigenvalue weighted by Gasteiger charge is 2.30. The van der Waals surface area contributed by atoms with E-state index in [1.54, 1.807) is 0 Å². The fourth-order valence-corrected chi connectivity index (χ4v) is 4.63. The van der Waals surface area contributed by atoms with Gasteiger partial charge in [0.2, 0.25) is 0 Å². The second-order valence-corrected chi connectivity index (χ2v) is 7.76. The van der Waals surface area contributed by atoms with E-state index in [0.717, 1.165) is 24.4 Å². The average Bonchev–Trinajstić information content (AvgIpc) is 2.58. The van der Waals surface area contributed by atoms with Crippen LogP contribution in [-0.2, 0) is 4.74 Å². The summed E-state index contributed by atoms with van der Waals surface area (Å²) in [6, 6.07) is 0. The number of ether oxygens (including phenoxy) is 1. The Kier molecular flexibility index (Phi) is 8.59. The molecule has 0 N–H and O–H groups in total. The average molecular weight is 307 g/mol. The highest BCUT2D eigenvalue weighted by Crippen LogP contribution is 2.41. The Bertz CT molecular complexity index is 282. The number of unbranched alkanes of at least 4 members (excludes halogenated alkanes) is 2. The molecule has 2 rings (SSSR count). The summed E-state index contributed by atoms with van der Waals surface area (Å²) in [6.07, 6.45) is 20.6. The summed E-state index contributed by atoms with van der Waals surface area (Å²) in [4.78, 5) is 0. The van der Waals surface area contributed by atoms with Gasteiger partial charge in [-0.05, 0) is 75.5 Å². The van der Waals surface area contributed by atoms with Crippen LogP contribution in [0.2, 0.25) is 0 Å². The van der Waals surface area contributed by atoms with Gasteiger partial charge in [0, 0.05) is 6.61 Å². The molecule has 0 aliphatic heterocycles. The first kappa shape index (κ1) is 18.0. The van der Waals surface area contributed by atoms with E-state index in [9.17, 15) is 0 Å². The third kappa shape index (κ3) is 6.07. The van der Waals surface area contributed by atoms with Crippen molar-refractivity contribution in [1.82, 2.24) is 0 Å². The molecular formula is C21H38O. The zero-order chi connectivity index (χ0) is 15.6. The fourth-order valence-electron chi connectivity index (χ4n) is 4.63. The monoisotopic (exact) mass is 306 g/mol. The maximum atomic E-state index is 6.07. The van der Waals surface area contributed by atoms with Crippen molar-refractivity contribution in [3.63, 3.8) is 0 Å². The molecule has 22 heavy (non-hydrogen) atoms. The van der Waals surface area contributed by atoms with E-state index in [4.69, 9.17) is 4.74 Å². The van der Waals surface area contributed by atoms with E-state index in [0.29, 0.717) is 6.10 Å². The van der Waals surface area contributed by atoms with Gasteiger partial charge in [-0.15, -0.1) is 6.58 Å². The van der Waals surface area contributed by atoms with Crippen molar-refractivity contribution in [2.24, 2.45) is 17.8 Å². The fraction of sp³-hybridized carbons (Fsp3) is 0.905. The number of allylic oxidation sites excluding steroid dienone is 1. The SMILES string of the molecule is C=CCC[C@H]1CC[C@H](C2CCC(OCCCCC)CC2)CC1. The topological polar surface area (TPSA) is 9.23 Å². The van der Waals surface area contributed by atoms with Crippen LogP contribution in [0.1, 0.15) is 90.4 Å². The van der Waals surface area contributed by atoms with Crippen molar-refractivity contribution in [2.75, 3.05) is 6.61 Å². The molecule has 1 heteroatoms. The lowest BCUT2D eigenvalue weighted by Crippen LogP contribution is -2.28. The molecule has 0 aromatic heterocycles. The van der Waals surface area contributed by atoms with Gasteiger partial charge in [-0.1, -0.05) is 38.7 Å².